The second kappa shape index (κ2) is 5.21. The largest absolute Gasteiger partial charge is 0.352 e. The molecule has 1 aliphatic rings. The lowest BCUT2D eigenvalue weighted by Gasteiger charge is -2.09. The van der Waals surface area contributed by atoms with Gasteiger partial charge in [0.05, 0.1) is 0 Å². The van der Waals surface area contributed by atoms with Crippen molar-refractivity contribution in [1.82, 2.24) is 5.32 Å². The Balaban J connectivity index is 1.82. The number of carbonyl (C=O) groups excluding carboxylic acids is 1. The highest BCUT2D eigenvalue weighted by Gasteiger charge is 2.16. The van der Waals surface area contributed by atoms with Gasteiger partial charge in [0, 0.05) is 12.1 Å². The van der Waals surface area contributed by atoms with Gasteiger partial charge >= 0.3 is 0 Å². The standard InChI is InChI=1S/C12H15NOS/c14-12(11-4-2-1-3-5-11)13-8-10-6-7-15-9-10/h1-5,10H,6-9H2,(H,13,14). The summed E-state index contributed by atoms with van der Waals surface area (Å²) in [6.45, 7) is 0.820. The molecule has 1 amide bonds. The Bertz CT molecular complexity index is 320. The molecule has 1 heterocycles. The molecule has 1 unspecified atom stereocenters. The van der Waals surface area contributed by atoms with E-state index >= 15 is 0 Å². The van der Waals surface area contributed by atoms with Crippen LogP contribution < -0.4 is 5.32 Å². The molecule has 80 valence electrons. The molecule has 0 aliphatic carbocycles. The van der Waals surface area contributed by atoms with Crippen LogP contribution >= 0.6 is 11.8 Å². The number of amides is 1. The monoisotopic (exact) mass is 221 g/mol. The third-order valence-corrected chi connectivity index (χ3v) is 3.84. The topological polar surface area (TPSA) is 29.1 Å². The zero-order chi connectivity index (χ0) is 10.5. The minimum absolute atomic E-state index is 0.0486. The van der Waals surface area contributed by atoms with Gasteiger partial charge in [-0.05, 0) is 36.0 Å². The smallest absolute Gasteiger partial charge is 0.251 e. The van der Waals surface area contributed by atoms with Crippen LogP contribution in [0.2, 0.25) is 0 Å². The number of carbonyl (C=O) groups is 1. The number of rotatable bonds is 3. The van der Waals surface area contributed by atoms with Crippen LogP contribution in [0.4, 0.5) is 0 Å². The van der Waals surface area contributed by atoms with Crippen molar-refractivity contribution in [3.05, 3.63) is 35.9 Å². The number of benzene rings is 1. The molecule has 0 radical (unpaired) electrons. The van der Waals surface area contributed by atoms with Gasteiger partial charge in [-0.1, -0.05) is 18.2 Å². The fourth-order valence-electron chi connectivity index (χ4n) is 1.67. The predicted molar refractivity (Wildman–Crippen MR) is 64.2 cm³/mol. The lowest BCUT2D eigenvalue weighted by molar-refractivity contribution is 0.0948. The molecule has 1 aliphatic heterocycles. The second-order valence-electron chi connectivity index (χ2n) is 3.81. The third-order valence-electron chi connectivity index (χ3n) is 2.61. The molecule has 0 aromatic heterocycles. The van der Waals surface area contributed by atoms with Crippen LogP contribution in [0.15, 0.2) is 30.3 Å². The van der Waals surface area contributed by atoms with Crippen LogP contribution in [0.5, 0.6) is 0 Å². The van der Waals surface area contributed by atoms with E-state index < -0.39 is 0 Å². The minimum Gasteiger partial charge on any atom is -0.352 e. The van der Waals surface area contributed by atoms with E-state index in [2.05, 4.69) is 5.32 Å². The summed E-state index contributed by atoms with van der Waals surface area (Å²) in [4.78, 5) is 11.7. The van der Waals surface area contributed by atoms with Gasteiger partial charge in [-0.15, -0.1) is 0 Å². The van der Waals surface area contributed by atoms with E-state index in [-0.39, 0.29) is 5.91 Å². The van der Waals surface area contributed by atoms with Crippen molar-refractivity contribution in [1.29, 1.82) is 0 Å². The Hall–Kier alpha value is -0.960. The molecule has 1 aromatic carbocycles. The van der Waals surface area contributed by atoms with Gasteiger partial charge in [0.1, 0.15) is 0 Å². The van der Waals surface area contributed by atoms with Crippen LogP contribution in [0, 0.1) is 5.92 Å². The predicted octanol–water partition coefficient (Wildman–Crippen LogP) is 2.17. The van der Waals surface area contributed by atoms with Crippen molar-refractivity contribution in [2.24, 2.45) is 5.92 Å². The van der Waals surface area contributed by atoms with E-state index in [1.807, 2.05) is 42.1 Å². The maximum Gasteiger partial charge on any atom is 0.251 e. The summed E-state index contributed by atoms with van der Waals surface area (Å²) in [6, 6.07) is 9.39. The van der Waals surface area contributed by atoms with Gasteiger partial charge in [0.25, 0.3) is 5.91 Å². The Morgan fingerprint density at radius 1 is 1.40 bits per heavy atom. The van der Waals surface area contributed by atoms with E-state index in [1.54, 1.807) is 0 Å². The van der Waals surface area contributed by atoms with Gasteiger partial charge in [0.15, 0.2) is 0 Å². The first-order valence-corrected chi connectivity index (χ1v) is 6.43. The highest BCUT2D eigenvalue weighted by atomic mass is 32.2. The third kappa shape index (κ3) is 2.99. The molecular formula is C12H15NOS. The number of hydrogen-bond acceptors (Lipinski definition) is 2. The van der Waals surface area contributed by atoms with E-state index in [4.69, 9.17) is 0 Å². The summed E-state index contributed by atoms with van der Waals surface area (Å²) in [5, 5.41) is 2.99. The van der Waals surface area contributed by atoms with Gasteiger partial charge in [-0.3, -0.25) is 4.79 Å². The molecule has 1 fully saturated rings. The van der Waals surface area contributed by atoms with Crippen molar-refractivity contribution in [2.45, 2.75) is 6.42 Å². The number of nitrogens with one attached hydrogen (secondary N) is 1. The van der Waals surface area contributed by atoms with Gasteiger partial charge in [-0.2, -0.15) is 11.8 Å². The first kappa shape index (κ1) is 10.6. The maximum absolute atomic E-state index is 11.7. The average Bonchev–Trinajstić information content (AvgIpc) is 2.80. The first-order chi connectivity index (χ1) is 7.36. The van der Waals surface area contributed by atoms with Gasteiger partial charge < -0.3 is 5.32 Å². The fourth-order valence-corrected chi connectivity index (χ4v) is 2.96. The Morgan fingerprint density at radius 3 is 2.87 bits per heavy atom. The molecule has 3 heteroatoms. The van der Waals surface area contributed by atoms with Crippen molar-refractivity contribution >= 4 is 17.7 Å². The number of hydrogen-bond donors (Lipinski definition) is 1. The van der Waals surface area contributed by atoms with E-state index in [9.17, 15) is 4.79 Å². The second-order valence-corrected chi connectivity index (χ2v) is 4.96. The van der Waals surface area contributed by atoms with Crippen LogP contribution in [0.1, 0.15) is 16.8 Å². The SMILES string of the molecule is O=C(NCC1CCSC1)c1ccccc1. The highest BCUT2D eigenvalue weighted by molar-refractivity contribution is 7.99. The van der Waals surface area contributed by atoms with Crippen LogP contribution in [0.25, 0.3) is 0 Å². The number of thioether (sulfide) groups is 1. The molecule has 2 nitrogen and oxygen atoms in total. The lowest BCUT2D eigenvalue weighted by Crippen LogP contribution is -2.29. The lowest BCUT2D eigenvalue weighted by atomic mass is 10.1. The Labute approximate surface area is 94.4 Å². The molecular weight excluding hydrogens is 206 g/mol. The van der Waals surface area contributed by atoms with Crippen molar-refractivity contribution in [3.63, 3.8) is 0 Å². The van der Waals surface area contributed by atoms with Crippen LogP contribution in [-0.4, -0.2) is 24.0 Å². The summed E-state index contributed by atoms with van der Waals surface area (Å²) < 4.78 is 0. The molecule has 1 aromatic rings. The summed E-state index contributed by atoms with van der Waals surface area (Å²) in [6.07, 6.45) is 1.24. The Morgan fingerprint density at radius 2 is 2.20 bits per heavy atom. The average molecular weight is 221 g/mol. The molecule has 0 spiro atoms. The van der Waals surface area contributed by atoms with E-state index in [1.165, 1.54) is 17.9 Å². The molecule has 1 N–H and O–H groups in total. The summed E-state index contributed by atoms with van der Waals surface area (Å²) in [5.74, 6) is 3.15. The highest BCUT2D eigenvalue weighted by Crippen LogP contribution is 2.22. The first-order valence-electron chi connectivity index (χ1n) is 5.27. The maximum atomic E-state index is 11.7. The quantitative estimate of drug-likeness (QED) is 0.847. The zero-order valence-electron chi connectivity index (χ0n) is 8.61. The van der Waals surface area contributed by atoms with Crippen LogP contribution in [-0.2, 0) is 0 Å². The van der Waals surface area contributed by atoms with E-state index in [0.29, 0.717) is 5.92 Å². The van der Waals surface area contributed by atoms with Crippen molar-refractivity contribution in [2.75, 3.05) is 18.1 Å². The van der Waals surface area contributed by atoms with Crippen molar-refractivity contribution in [3.8, 4) is 0 Å². The summed E-state index contributed by atoms with van der Waals surface area (Å²) in [5.41, 5.74) is 0.753. The van der Waals surface area contributed by atoms with Gasteiger partial charge in [-0.25, -0.2) is 0 Å². The normalized spacial score (nSPS) is 20.1. The van der Waals surface area contributed by atoms with Crippen molar-refractivity contribution < 1.29 is 4.79 Å². The molecule has 0 saturated carbocycles. The minimum atomic E-state index is 0.0486. The van der Waals surface area contributed by atoms with Gasteiger partial charge in [0.2, 0.25) is 0 Å². The molecule has 1 atom stereocenters. The fraction of sp³-hybridized carbons (Fsp3) is 0.417. The van der Waals surface area contributed by atoms with Crippen LogP contribution in [0.3, 0.4) is 0 Å². The molecule has 1 saturated heterocycles. The zero-order valence-corrected chi connectivity index (χ0v) is 9.43. The molecule has 15 heavy (non-hydrogen) atoms. The molecule has 0 bridgehead atoms. The van der Waals surface area contributed by atoms with E-state index in [0.717, 1.165) is 12.1 Å². The summed E-state index contributed by atoms with van der Waals surface area (Å²) >= 11 is 1.98. The molecule has 2 rings (SSSR count). The Kier molecular flexibility index (Phi) is 3.67. The summed E-state index contributed by atoms with van der Waals surface area (Å²) in [7, 11) is 0.